The molecule has 0 aliphatic carbocycles. The Morgan fingerprint density at radius 3 is 2.64 bits per heavy atom. The summed E-state index contributed by atoms with van der Waals surface area (Å²) >= 11 is 0. The van der Waals surface area contributed by atoms with Gasteiger partial charge in [0.15, 0.2) is 0 Å². The molecule has 0 saturated carbocycles. The van der Waals surface area contributed by atoms with Crippen molar-refractivity contribution in [1.82, 2.24) is 9.88 Å². The fraction of sp³-hybridized carbons (Fsp3) is 0.280. The van der Waals surface area contributed by atoms with E-state index in [1.165, 1.54) is 0 Å². The first kappa shape index (κ1) is 21.5. The molecule has 6 nitrogen and oxygen atoms in total. The van der Waals surface area contributed by atoms with Gasteiger partial charge in [-0.05, 0) is 48.2 Å². The van der Waals surface area contributed by atoms with Crippen molar-refractivity contribution in [3.63, 3.8) is 0 Å². The van der Waals surface area contributed by atoms with Crippen LogP contribution in [0.15, 0.2) is 42.5 Å². The zero-order valence-corrected chi connectivity index (χ0v) is 17.6. The molecule has 3 atom stereocenters. The predicted octanol–water partition coefficient (Wildman–Crippen LogP) is 3.85. The summed E-state index contributed by atoms with van der Waals surface area (Å²) in [5, 5.41) is 9.76. The Morgan fingerprint density at radius 2 is 1.97 bits per heavy atom. The number of carboxylic acid groups (broad SMARTS) is 1. The highest BCUT2D eigenvalue weighted by molar-refractivity contribution is 5.86. The third-order valence-corrected chi connectivity index (χ3v) is 6.49. The SMILES string of the molecule is O=C[C@@H]1Cc2c([nH]c3ccccc23)C(c2c(F)cc(/C=C/C(=O)O)cc2F)N1C1CCOC1. The van der Waals surface area contributed by atoms with E-state index >= 15 is 8.78 Å². The molecule has 2 aromatic carbocycles. The Morgan fingerprint density at radius 1 is 1.21 bits per heavy atom. The van der Waals surface area contributed by atoms with Gasteiger partial charge >= 0.3 is 5.97 Å². The highest BCUT2D eigenvalue weighted by Crippen LogP contribution is 2.44. The maximum absolute atomic E-state index is 15.5. The van der Waals surface area contributed by atoms with E-state index < -0.39 is 29.7 Å². The lowest BCUT2D eigenvalue weighted by molar-refractivity contribution is -0.131. The molecule has 1 saturated heterocycles. The van der Waals surface area contributed by atoms with Gasteiger partial charge in [0.05, 0.1) is 18.7 Å². The molecular formula is C25H22F2N2O4. The molecule has 0 radical (unpaired) electrons. The lowest BCUT2D eigenvalue weighted by Crippen LogP contribution is -2.51. The van der Waals surface area contributed by atoms with Crippen molar-refractivity contribution in [1.29, 1.82) is 0 Å². The quantitative estimate of drug-likeness (QED) is 0.454. The number of carboxylic acids is 1. The molecule has 3 heterocycles. The van der Waals surface area contributed by atoms with Crippen LogP contribution in [0.1, 0.15) is 34.8 Å². The number of aromatic nitrogens is 1. The molecule has 170 valence electrons. The lowest BCUT2D eigenvalue weighted by atomic mass is 9.86. The maximum Gasteiger partial charge on any atom is 0.328 e. The van der Waals surface area contributed by atoms with Crippen LogP contribution in [-0.2, 0) is 20.7 Å². The standard InChI is InChI=1S/C25H22F2N2O4/c26-19-9-14(5-6-22(31)32)10-20(27)23(19)25-24-18(17-3-1-2-4-21(17)28-24)11-16(12-30)29(25)15-7-8-33-13-15/h1-6,9-10,12,15-16,25,28H,7-8,11,13H2,(H,31,32)/b6-5+/t15?,16-,25?/m0/s1. The second kappa shape index (κ2) is 8.53. The largest absolute Gasteiger partial charge is 0.478 e. The number of rotatable bonds is 5. The van der Waals surface area contributed by atoms with Crippen molar-refractivity contribution in [2.24, 2.45) is 0 Å². The number of benzene rings is 2. The number of halogens is 2. The summed E-state index contributed by atoms with van der Waals surface area (Å²) in [6.07, 6.45) is 3.90. The van der Waals surface area contributed by atoms with E-state index in [2.05, 4.69) is 4.98 Å². The minimum Gasteiger partial charge on any atom is -0.478 e. The van der Waals surface area contributed by atoms with Crippen LogP contribution >= 0.6 is 0 Å². The molecule has 5 rings (SSSR count). The number of ether oxygens (including phenoxy) is 1. The number of carbonyl (C=O) groups is 2. The van der Waals surface area contributed by atoms with Crippen LogP contribution in [0.4, 0.5) is 8.78 Å². The van der Waals surface area contributed by atoms with E-state index in [4.69, 9.17) is 9.84 Å². The summed E-state index contributed by atoms with van der Waals surface area (Å²) in [7, 11) is 0. The topological polar surface area (TPSA) is 82.6 Å². The van der Waals surface area contributed by atoms with E-state index in [9.17, 15) is 9.59 Å². The van der Waals surface area contributed by atoms with Gasteiger partial charge in [0.2, 0.25) is 0 Å². The second-order valence-corrected chi connectivity index (χ2v) is 8.41. The number of hydrogen-bond acceptors (Lipinski definition) is 4. The summed E-state index contributed by atoms with van der Waals surface area (Å²) in [5.41, 5.74) is 2.30. The zero-order valence-electron chi connectivity index (χ0n) is 17.6. The van der Waals surface area contributed by atoms with Gasteiger partial charge in [-0.1, -0.05) is 18.2 Å². The van der Waals surface area contributed by atoms with Crippen LogP contribution in [0.5, 0.6) is 0 Å². The lowest BCUT2D eigenvalue weighted by Gasteiger charge is -2.43. The van der Waals surface area contributed by atoms with Gasteiger partial charge in [0.1, 0.15) is 17.9 Å². The third kappa shape index (κ3) is 3.75. The van der Waals surface area contributed by atoms with Crippen molar-refractivity contribution >= 4 is 29.2 Å². The van der Waals surface area contributed by atoms with Crippen LogP contribution < -0.4 is 0 Å². The van der Waals surface area contributed by atoms with Gasteiger partial charge in [-0.3, -0.25) is 4.90 Å². The van der Waals surface area contributed by atoms with Crippen molar-refractivity contribution in [2.45, 2.75) is 31.0 Å². The van der Waals surface area contributed by atoms with Gasteiger partial charge in [-0.25, -0.2) is 13.6 Å². The Bertz CT molecular complexity index is 1240. The summed E-state index contributed by atoms with van der Waals surface area (Å²) < 4.78 is 36.5. The molecule has 0 bridgehead atoms. The number of fused-ring (bicyclic) bond motifs is 3. The van der Waals surface area contributed by atoms with Crippen molar-refractivity contribution < 1.29 is 28.2 Å². The minimum absolute atomic E-state index is 0.103. The Labute approximate surface area is 188 Å². The number of hydrogen-bond donors (Lipinski definition) is 2. The predicted molar refractivity (Wildman–Crippen MR) is 118 cm³/mol. The monoisotopic (exact) mass is 452 g/mol. The number of carbonyl (C=O) groups excluding carboxylic acids is 1. The van der Waals surface area contributed by atoms with Crippen molar-refractivity contribution in [3.05, 3.63) is 76.5 Å². The van der Waals surface area contributed by atoms with E-state index in [0.717, 1.165) is 47.0 Å². The molecule has 8 heteroatoms. The first-order valence-corrected chi connectivity index (χ1v) is 10.8. The highest BCUT2D eigenvalue weighted by Gasteiger charge is 2.44. The van der Waals surface area contributed by atoms with E-state index in [0.29, 0.717) is 31.7 Å². The van der Waals surface area contributed by atoms with Crippen LogP contribution in [0, 0.1) is 11.6 Å². The Hall–Kier alpha value is -3.36. The fourth-order valence-corrected chi connectivity index (χ4v) is 5.11. The van der Waals surface area contributed by atoms with Crippen molar-refractivity contribution in [3.8, 4) is 0 Å². The maximum atomic E-state index is 15.5. The molecule has 0 amide bonds. The second-order valence-electron chi connectivity index (χ2n) is 8.41. The van der Waals surface area contributed by atoms with Gasteiger partial charge in [0.25, 0.3) is 0 Å². The van der Waals surface area contributed by atoms with Gasteiger partial charge in [0, 0.05) is 40.9 Å². The third-order valence-electron chi connectivity index (χ3n) is 6.49. The molecule has 0 spiro atoms. The summed E-state index contributed by atoms with van der Waals surface area (Å²) in [5.74, 6) is -2.81. The van der Waals surface area contributed by atoms with Gasteiger partial charge < -0.3 is 19.6 Å². The molecule has 33 heavy (non-hydrogen) atoms. The fourth-order valence-electron chi connectivity index (χ4n) is 5.11. The summed E-state index contributed by atoms with van der Waals surface area (Å²) in [6, 6.07) is 8.24. The van der Waals surface area contributed by atoms with E-state index in [1.807, 2.05) is 29.2 Å². The number of H-pyrrole nitrogens is 1. The summed E-state index contributed by atoms with van der Waals surface area (Å²) in [6.45, 7) is 0.891. The number of nitrogens with one attached hydrogen (secondary N) is 1. The molecule has 2 N–H and O–H groups in total. The zero-order chi connectivity index (χ0) is 23.1. The normalized spacial score (nSPS) is 23.3. The Kier molecular flexibility index (Phi) is 5.55. The van der Waals surface area contributed by atoms with E-state index in [-0.39, 0.29) is 17.2 Å². The molecule has 1 fully saturated rings. The molecule has 2 aliphatic heterocycles. The van der Waals surface area contributed by atoms with Crippen molar-refractivity contribution in [2.75, 3.05) is 13.2 Å². The minimum atomic E-state index is -1.21. The number of para-hydroxylation sites is 1. The average molecular weight is 452 g/mol. The molecule has 2 aliphatic rings. The number of aliphatic carboxylic acids is 1. The van der Waals surface area contributed by atoms with Gasteiger partial charge in [-0.15, -0.1) is 0 Å². The Balaban J connectivity index is 1.72. The summed E-state index contributed by atoms with van der Waals surface area (Å²) in [4.78, 5) is 28.2. The van der Waals surface area contributed by atoms with Crippen LogP contribution in [-0.4, -0.2) is 52.5 Å². The smallest absolute Gasteiger partial charge is 0.328 e. The first-order valence-electron chi connectivity index (χ1n) is 10.8. The molecule has 1 aromatic heterocycles. The van der Waals surface area contributed by atoms with E-state index in [1.54, 1.807) is 0 Å². The number of aromatic amines is 1. The van der Waals surface area contributed by atoms with Crippen LogP contribution in [0.3, 0.4) is 0 Å². The number of nitrogens with zero attached hydrogens (tertiary/aromatic N) is 1. The first-order chi connectivity index (χ1) is 16.0. The molecule has 3 aromatic rings. The van der Waals surface area contributed by atoms with Gasteiger partial charge in [-0.2, -0.15) is 0 Å². The van der Waals surface area contributed by atoms with Crippen LogP contribution in [0.25, 0.3) is 17.0 Å². The number of aldehydes is 1. The van der Waals surface area contributed by atoms with Crippen LogP contribution in [0.2, 0.25) is 0 Å². The molecular weight excluding hydrogens is 430 g/mol. The average Bonchev–Trinajstić information content (AvgIpc) is 3.44. The molecule has 2 unspecified atom stereocenters. The highest BCUT2D eigenvalue weighted by atomic mass is 19.1.